The Morgan fingerprint density at radius 2 is 1.80 bits per heavy atom. The molecule has 0 fully saturated rings. The maximum absolute atomic E-state index is 13.1. The molecule has 2 aromatic heterocycles. The van der Waals surface area contributed by atoms with Crippen LogP contribution in [0.1, 0.15) is 33.8 Å². The van der Waals surface area contributed by atoms with Crippen LogP contribution < -0.4 is 15.6 Å². The van der Waals surface area contributed by atoms with Crippen LogP contribution in [0.5, 0.6) is 11.5 Å². The van der Waals surface area contributed by atoms with Gasteiger partial charge in [0.15, 0.2) is 10.7 Å². The number of para-hydroxylation sites is 3. The van der Waals surface area contributed by atoms with E-state index < -0.39 is 5.91 Å². The summed E-state index contributed by atoms with van der Waals surface area (Å²) in [6.45, 7) is 0. The molecule has 1 amide bonds. The third kappa shape index (κ3) is 3.37. The van der Waals surface area contributed by atoms with Crippen molar-refractivity contribution in [2.45, 2.75) is 25.7 Å². The number of nitrogens with zero attached hydrogens (tertiary/aromatic N) is 2. The first-order chi connectivity index (χ1) is 14.7. The molecule has 150 valence electrons. The third-order valence-corrected chi connectivity index (χ3v) is 6.31. The van der Waals surface area contributed by atoms with Gasteiger partial charge >= 0.3 is 0 Å². The van der Waals surface area contributed by atoms with Crippen LogP contribution in [0.4, 0.5) is 5.69 Å². The fourth-order valence-corrected chi connectivity index (χ4v) is 4.86. The van der Waals surface area contributed by atoms with Crippen molar-refractivity contribution in [3.8, 4) is 11.5 Å². The van der Waals surface area contributed by atoms with Crippen molar-refractivity contribution in [2.75, 3.05) is 5.32 Å². The minimum atomic E-state index is -0.498. The van der Waals surface area contributed by atoms with Gasteiger partial charge in [-0.2, -0.15) is 0 Å². The first-order valence-electron chi connectivity index (χ1n) is 9.86. The molecule has 0 bridgehead atoms. The van der Waals surface area contributed by atoms with Crippen molar-refractivity contribution < 1.29 is 9.53 Å². The van der Waals surface area contributed by atoms with Crippen LogP contribution in [-0.4, -0.2) is 15.3 Å². The normalized spacial score (nSPS) is 13.1. The molecule has 2 heterocycles. The van der Waals surface area contributed by atoms with Crippen LogP contribution in [0.2, 0.25) is 0 Å². The lowest BCUT2D eigenvalue weighted by atomic mass is 10.0. The minimum absolute atomic E-state index is 0.0215. The molecule has 0 saturated carbocycles. The highest BCUT2D eigenvalue weighted by Gasteiger charge is 2.22. The fraction of sp³-hybridized carbons (Fsp3) is 0.174. The predicted octanol–water partition coefficient (Wildman–Crippen LogP) is 4.68. The Labute approximate surface area is 176 Å². The molecular formula is C23H19N3O3S. The van der Waals surface area contributed by atoms with Crippen molar-refractivity contribution in [1.82, 2.24) is 9.38 Å². The van der Waals surface area contributed by atoms with Gasteiger partial charge < -0.3 is 10.1 Å². The quantitative estimate of drug-likeness (QED) is 0.523. The molecule has 0 radical (unpaired) electrons. The number of nitrogens with one attached hydrogen (secondary N) is 1. The zero-order valence-corrected chi connectivity index (χ0v) is 16.9. The molecule has 1 aliphatic rings. The standard InChI is InChI=1S/C23H19N3O3S/c27-21(25-17-10-4-6-12-19(17)29-15-8-2-1-3-9-15)16-14-24-23-26(22(16)28)18-11-5-7-13-20(18)30-23/h1-4,6,8-10,12,14H,5,7,11,13H2,(H,25,27). The number of amides is 1. The number of hydrogen-bond donors (Lipinski definition) is 1. The van der Waals surface area contributed by atoms with Gasteiger partial charge in [0.05, 0.1) is 5.69 Å². The van der Waals surface area contributed by atoms with Crippen LogP contribution in [0.25, 0.3) is 4.96 Å². The van der Waals surface area contributed by atoms with Crippen molar-refractivity contribution in [1.29, 1.82) is 0 Å². The summed E-state index contributed by atoms with van der Waals surface area (Å²) >= 11 is 1.54. The number of anilines is 1. The van der Waals surface area contributed by atoms with Gasteiger partial charge in [-0.15, -0.1) is 11.3 Å². The molecule has 6 nitrogen and oxygen atoms in total. The summed E-state index contributed by atoms with van der Waals surface area (Å²) in [6.07, 6.45) is 5.35. The van der Waals surface area contributed by atoms with Gasteiger partial charge in [-0.3, -0.25) is 14.0 Å². The lowest BCUT2D eigenvalue weighted by Gasteiger charge is -2.12. The highest BCUT2D eigenvalue weighted by atomic mass is 32.1. The van der Waals surface area contributed by atoms with E-state index in [4.69, 9.17) is 4.74 Å². The molecule has 1 aliphatic carbocycles. The van der Waals surface area contributed by atoms with Gasteiger partial charge in [0.1, 0.15) is 11.3 Å². The van der Waals surface area contributed by atoms with Gasteiger partial charge in [0, 0.05) is 16.8 Å². The number of aromatic nitrogens is 2. The number of aryl methyl sites for hydroxylation is 2. The zero-order chi connectivity index (χ0) is 20.5. The Kier molecular flexibility index (Phi) is 4.80. The largest absolute Gasteiger partial charge is 0.455 e. The number of rotatable bonds is 4. The number of ether oxygens (including phenoxy) is 1. The van der Waals surface area contributed by atoms with E-state index in [0.29, 0.717) is 22.1 Å². The van der Waals surface area contributed by atoms with Gasteiger partial charge in [-0.25, -0.2) is 4.98 Å². The second-order valence-corrected chi connectivity index (χ2v) is 8.20. The van der Waals surface area contributed by atoms with E-state index in [-0.39, 0.29) is 11.1 Å². The Hall–Kier alpha value is -3.45. The molecule has 30 heavy (non-hydrogen) atoms. The first kappa shape index (κ1) is 18.6. The van der Waals surface area contributed by atoms with Crippen LogP contribution in [0.15, 0.2) is 65.6 Å². The topological polar surface area (TPSA) is 72.7 Å². The van der Waals surface area contributed by atoms with Crippen molar-refractivity contribution >= 4 is 27.9 Å². The molecular weight excluding hydrogens is 398 g/mol. The monoisotopic (exact) mass is 417 g/mol. The molecule has 0 aliphatic heterocycles. The van der Waals surface area contributed by atoms with Crippen LogP contribution in [0, 0.1) is 0 Å². The summed E-state index contributed by atoms with van der Waals surface area (Å²) < 4.78 is 7.51. The number of hydrogen-bond acceptors (Lipinski definition) is 5. The average molecular weight is 417 g/mol. The number of thiazole rings is 1. The van der Waals surface area contributed by atoms with Gasteiger partial charge in [-0.1, -0.05) is 30.3 Å². The highest BCUT2D eigenvalue weighted by Crippen LogP contribution is 2.30. The minimum Gasteiger partial charge on any atom is -0.455 e. The van der Waals surface area contributed by atoms with E-state index >= 15 is 0 Å². The smallest absolute Gasteiger partial charge is 0.271 e. The summed E-state index contributed by atoms with van der Waals surface area (Å²) in [5, 5.41) is 2.81. The lowest BCUT2D eigenvalue weighted by Crippen LogP contribution is -2.27. The fourth-order valence-electron chi connectivity index (χ4n) is 3.69. The van der Waals surface area contributed by atoms with E-state index in [1.54, 1.807) is 33.9 Å². The van der Waals surface area contributed by atoms with Crippen LogP contribution >= 0.6 is 11.3 Å². The number of fused-ring (bicyclic) bond motifs is 3. The molecule has 0 atom stereocenters. The summed E-state index contributed by atoms with van der Waals surface area (Å²) in [5.74, 6) is 0.660. The maximum atomic E-state index is 13.1. The molecule has 4 aromatic rings. The Balaban J connectivity index is 1.47. The van der Waals surface area contributed by atoms with Crippen LogP contribution in [0.3, 0.4) is 0 Å². The zero-order valence-electron chi connectivity index (χ0n) is 16.1. The van der Waals surface area contributed by atoms with E-state index in [9.17, 15) is 9.59 Å². The van der Waals surface area contributed by atoms with Gasteiger partial charge in [0.25, 0.3) is 11.5 Å². The highest BCUT2D eigenvalue weighted by molar-refractivity contribution is 7.17. The number of benzene rings is 2. The predicted molar refractivity (Wildman–Crippen MR) is 117 cm³/mol. The second kappa shape index (κ2) is 7.76. The van der Waals surface area contributed by atoms with Gasteiger partial charge in [0.2, 0.25) is 0 Å². The van der Waals surface area contributed by atoms with E-state index in [1.807, 2.05) is 36.4 Å². The SMILES string of the molecule is O=C(Nc1ccccc1Oc1ccccc1)c1cnc2sc3c(n2c1=O)CCCC3. The summed E-state index contributed by atoms with van der Waals surface area (Å²) in [6, 6.07) is 16.5. The van der Waals surface area contributed by atoms with E-state index in [0.717, 1.165) is 31.4 Å². The maximum Gasteiger partial charge on any atom is 0.271 e. The van der Waals surface area contributed by atoms with Gasteiger partial charge in [-0.05, 0) is 49.9 Å². The molecule has 0 saturated heterocycles. The molecule has 1 N–H and O–H groups in total. The van der Waals surface area contributed by atoms with Crippen molar-refractivity contribution in [2.24, 2.45) is 0 Å². The molecule has 5 rings (SSSR count). The first-order valence-corrected chi connectivity index (χ1v) is 10.7. The molecule has 7 heteroatoms. The Morgan fingerprint density at radius 1 is 1.03 bits per heavy atom. The second-order valence-electron chi connectivity index (χ2n) is 7.14. The molecule has 0 unspecified atom stereocenters. The Morgan fingerprint density at radius 3 is 2.67 bits per heavy atom. The molecule has 2 aromatic carbocycles. The number of carbonyl (C=O) groups is 1. The van der Waals surface area contributed by atoms with E-state index in [1.165, 1.54) is 11.1 Å². The van der Waals surface area contributed by atoms with Crippen molar-refractivity contribution in [3.63, 3.8) is 0 Å². The van der Waals surface area contributed by atoms with Crippen molar-refractivity contribution in [3.05, 3.63) is 87.3 Å². The van der Waals surface area contributed by atoms with E-state index in [2.05, 4.69) is 10.3 Å². The summed E-state index contributed by atoms with van der Waals surface area (Å²) in [7, 11) is 0. The summed E-state index contributed by atoms with van der Waals surface area (Å²) in [4.78, 5) is 32.3. The average Bonchev–Trinajstić information content (AvgIpc) is 3.15. The lowest BCUT2D eigenvalue weighted by molar-refractivity contribution is 0.102. The number of carbonyl (C=O) groups excluding carboxylic acids is 1. The van der Waals surface area contributed by atoms with Crippen LogP contribution in [-0.2, 0) is 12.8 Å². The molecule has 0 spiro atoms. The third-order valence-electron chi connectivity index (χ3n) is 5.15. The Bertz CT molecular complexity index is 1290. The summed E-state index contributed by atoms with van der Waals surface area (Å²) in [5.41, 5.74) is 1.19.